The molecule has 0 bridgehead atoms. The molecule has 1 atom stereocenters. The van der Waals surface area contributed by atoms with Gasteiger partial charge in [-0.25, -0.2) is 18.5 Å². The molecule has 4 N–H and O–H groups in total. The van der Waals surface area contributed by atoms with E-state index in [4.69, 9.17) is 9.88 Å². The number of nitrogens with one attached hydrogen (secondary N) is 2. The first-order chi connectivity index (χ1) is 16.2. The van der Waals surface area contributed by atoms with Crippen molar-refractivity contribution >= 4 is 44.2 Å². The fourth-order valence-electron chi connectivity index (χ4n) is 4.32. The van der Waals surface area contributed by atoms with Crippen molar-refractivity contribution in [2.45, 2.75) is 17.9 Å². The second-order valence-electron chi connectivity index (χ2n) is 8.35. The molecule has 0 spiro atoms. The highest BCUT2D eigenvalue weighted by Gasteiger charge is 2.26. The molecule has 4 heterocycles. The average Bonchev–Trinajstić information content (AvgIpc) is 3.22. The average molecular weight is 485 g/mol. The third kappa shape index (κ3) is 4.00. The van der Waals surface area contributed by atoms with E-state index in [2.05, 4.69) is 15.6 Å². The predicted octanol–water partition coefficient (Wildman–Crippen LogP) is 1.08. The van der Waals surface area contributed by atoms with Gasteiger partial charge >= 0.3 is 0 Å². The topological polar surface area (TPSA) is 149 Å². The lowest BCUT2D eigenvalue weighted by molar-refractivity contribution is 0.0918. The zero-order valence-corrected chi connectivity index (χ0v) is 19.3. The van der Waals surface area contributed by atoms with Crippen LogP contribution in [0.25, 0.3) is 11.0 Å². The maximum absolute atomic E-state index is 13.0. The van der Waals surface area contributed by atoms with Crippen LogP contribution in [-0.4, -0.2) is 62.6 Å². The molecule has 12 heteroatoms. The predicted molar refractivity (Wildman–Crippen MR) is 126 cm³/mol. The Balaban J connectivity index is 1.48. The molecule has 2 aromatic heterocycles. The second kappa shape index (κ2) is 8.38. The molecule has 3 aromatic rings. The molecule has 11 nitrogen and oxygen atoms in total. The van der Waals surface area contributed by atoms with Crippen LogP contribution in [0.1, 0.15) is 33.9 Å². The summed E-state index contributed by atoms with van der Waals surface area (Å²) in [6.45, 7) is 4.74. The van der Waals surface area contributed by atoms with Gasteiger partial charge < -0.3 is 24.8 Å². The standard InChI is InChI=1S/C22H24N6O5S/c1-13-12-24-22(30)18-10-14-2-4-17(25-20(14)28(13)18)21(29)26-16-5-3-15(11-19(16)34(23,31)32)27-6-8-33-9-7-27/h2-5,10-11,13H,6-9,12H2,1H3,(H,24,30)(H,26,29)(H2,23,31,32)/t13-/m1/s1. The number of carbonyl (C=O) groups is 2. The maximum atomic E-state index is 13.0. The minimum Gasteiger partial charge on any atom is -0.378 e. The monoisotopic (exact) mass is 484 g/mol. The van der Waals surface area contributed by atoms with E-state index in [1.807, 2.05) is 11.8 Å². The summed E-state index contributed by atoms with van der Waals surface area (Å²) in [6.07, 6.45) is 0. The van der Waals surface area contributed by atoms with Gasteiger partial charge in [0.1, 0.15) is 21.9 Å². The van der Waals surface area contributed by atoms with E-state index in [1.54, 1.807) is 22.8 Å². The number of nitrogens with two attached hydrogens (primary N) is 1. The van der Waals surface area contributed by atoms with Crippen LogP contribution in [0.2, 0.25) is 0 Å². The summed E-state index contributed by atoms with van der Waals surface area (Å²) >= 11 is 0. The van der Waals surface area contributed by atoms with E-state index in [9.17, 15) is 18.0 Å². The summed E-state index contributed by atoms with van der Waals surface area (Å²) < 4.78 is 31.7. The van der Waals surface area contributed by atoms with Crippen LogP contribution in [0.4, 0.5) is 11.4 Å². The Hall–Kier alpha value is -3.48. The largest absolute Gasteiger partial charge is 0.378 e. The van der Waals surface area contributed by atoms with Crippen molar-refractivity contribution in [1.82, 2.24) is 14.9 Å². The zero-order chi connectivity index (χ0) is 24.0. The number of sulfonamides is 1. The molecule has 178 valence electrons. The number of carbonyl (C=O) groups excluding carboxylic acids is 2. The Morgan fingerprint density at radius 2 is 1.97 bits per heavy atom. The lowest BCUT2D eigenvalue weighted by Crippen LogP contribution is -2.37. The lowest BCUT2D eigenvalue weighted by atomic mass is 10.2. The first-order valence-corrected chi connectivity index (χ1v) is 12.4. The van der Waals surface area contributed by atoms with Crippen LogP contribution in [0.5, 0.6) is 0 Å². The summed E-state index contributed by atoms with van der Waals surface area (Å²) in [7, 11) is -4.12. The number of amides is 2. The molecule has 1 saturated heterocycles. The van der Waals surface area contributed by atoms with Crippen LogP contribution in [0, 0.1) is 0 Å². The van der Waals surface area contributed by atoms with Crippen LogP contribution < -0.4 is 20.7 Å². The summed E-state index contributed by atoms with van der Waals surface area (Å²) in [5.74, 6) is -0.783. The molecule has 0 saturated carbocycles. The molecule has 2 amide bonds. The van der Waals surface area contributed by atoms with Crippen LogP contribution in [0.15, 0.2) is 41.3 Å². The number of pyridine rings is 1. The SMILES string of the molecule is C[C@@H]1CNC(=O)c2cc3ccc(C(=O)Nc4ccc(N5CCOCC5)cc4S(N)(=O)=O)nc3n21. The van der Waals surface area contributed by atoms with Gasteiger partial charge in [-0.05, 0) is 43.3 Å². The molecule has 0 aliphatic carbocycles. The van der Waals surface area contributed by atoms with Crippen molar-refractivity contribution in [1.29, 1.82) is 0 Å². The first-order valence-electron chi connectivity index (χ1n) is 10.8. The smallest absolute Gasteiger partial charge is 0.274 e. The maximum Gasteiger partial charge on any atom is 0.274 e. The molecular weight excluding hydrogens is 460 g/mol. The highest BCUT2D eigenvalue weighted by molar-refractivity contribution is 7.89. The number of morpholine rings is 1. The first kappa shape index (κ1) is 22.3. The summed E-state index contributed by atoms with van der Waals surface area (Å²) in [4.78, 5) is 31.5. The molecule has 1 fully saturated rings. The second-order valence-corrected chi connectivity index (χ2v) is 9.88. The van der Waals surface area contributed by atoms with Gasteiger partial charge in [0.2, 0.25) is 10.0 Å². The molecule has 0 radical (unpaired) electrons. The van der Waals surface area contributed by atoms with Crippen molar-refractivity contribution in [3.8, 4) is 0 Å². The number of primary sulfonamides is 1. The Labute approximate surface area is 195 Å². The van der Waals surface area contributed by atoms with Crippen molar-refractivity contribution in [3.63, 3.8) is 0 Å². The Kier molecular flexibility index (Phi) is 5.50. The quantitative estimate of drug-likeness (QED) is 0.502. The van der Waals surface area contributed by atoms with Gasteiger partial charge in [0.05, 0.1) is 24.9 Å². The Morgan fingerprint density at radius 1 is 1.21 bits per heavy atom. The third-order valence-corrected chi connectivity index (χ3v) is 7.00. The van der Waals surface area contributed by atoms with E-state index < -0.39 is 15.9 Å². The normalized spacial score (nSPS) is 18.5. The van der Waals surface area contributed by atoms with Gasteiger partial charge in [-0.2, -0.15) is 0 Å². The Bertz CT molecular complexity index is 1410. The van der Waals surface area contributed by atoms with Gasteiger partial charge in [-0.3, -0.25) is 9.59 Å². The summed E-state index contributed by atoms with van der Waals surface area (Å²) in [5.41, 5.74) is 1.82. The zero-order valence-electron chi connectivity index (χ0n) is 18.4. The van der Waals surface area contributed by atoms with E-state index >= 15 is 0 Å². The third-order valence-electron chi connectivity index (χ3n) is 6.05. The highest BCUT2D eigenvalue weighted by atomic mass is 32.2. The highest BCUT2D eigenvalue weighted by Crippen LogP contribution is 2.29. The molecule has 2 aliphatic heterocycles. The number of rotatable bonds is 4. The van der Waals surface area contributed by atoms with Gasteiger partial charge in [-0.15, -0.1) is 0 Å². The number of nitrogens with zero attached hydrogens (tertiary/aromatic N) is 3. The molecule has 2 aliphatic rings. The number of hydrogen-bond acceptors (Lipinski definition) is 7. The fraction of sp³-hybridized carbons (Fsp3) is 0.318. The molecular formula is C22H24N6O5S. The van der Waals surface area contributed by atoms with Crippen LogP contribution in [0.3, 0.4) is 0 Å². The molecule has 34 heavy (non-hydrogen) atoms. The van der Waals surface area contributed by atoms with Crippen molar-refractivity contribution in [3.05, 3.63) is 47.8 Å². The van der Waals surface area contributed by atoms with E-state index in [-0.39, 0.29) is 28.2 Å². The lowest BCUT2D eigenvalue weighted by Gasteiger charge is -2.29. The molecule has 5 rings (SSSR count). The number of benzene rings is 1. The van der Waals surface area contributed by atoms with Gasteiger partial charge in [-0.1, -0.05) is 0 Å². The summed E-state index contributed by atoms with van der Waals surface area (Å²) in [5, 5.41) is 11.6. The molecule has 0 unspecified atom stereocenters. The van der Waals surface area contributed by atoms with Crippen LogP contribution in [-0.2, 0) is 14.8 Å². The number of anilines is 2. The minimum absolute atomic E-state index is 0.0299. The van der Waals surface area contributed by atoms with Crippen molar-refractivity contribution in [2.75, 3.05) is 43.1 Å². The van der Waals surface area contributed by atoms with E-state index in [1.165, 1.54) is 18.2 Å². The number of hydrogen-bond donors (Lipinski definition) is 3. The van der Waals surface area contributed by atoms with Gasteiger partial charge in [0.15, 0.2) is 0 Å². The summed E-state index contributed by atoms with van der Waals surface area (Å²) in [6, 6.07) is 9.66. The molecule has 1 aromatic carbocycles. The van der Waals surface area contributed by atoms with Gasteiger partial charge in [0, 0.05) is 30.7 Å². The van der Waals surface area contributed by atoms with Crippen molar-refractivity contribution in [2.24, 2.45) is 5.14 Å². The number of ether oxygens (including phenoxy) is 1. The Morgan fingerprint density at radius 3 is 2.71 bits per heavy atom. The van der Waals surface area contributed by atoms with E-state index in [0.29, 0.717) is 49.9 Å². The van der Waals surface area contributed by atoms with E-state index in [0.717, 1.165) is 5.39 Å². The fourth-order valence-corrected chi connectivity index (χ4v) is 5.03. The number of fused-ring (bicyclic) bond motifs is 3. The van der Waals surface area contributed by atoms with Crippen LogP contribution >= 0.6 is 0 Å². The van der Waals surface area contributed by atoms with Crippen molar-refractivity contribution < 1.29 is 22.7 Å². The number of aromatic nitrogens is 2. The van der Waals surface area contributed by atoms with Gasteiger partial charge in [0.25, 0.3) is 11.8 Å². The minimum atomic E-state index is -4.12.